The second-order valence-electron chi connectivity index (χ2n) is 3.49. The molecule has 0 saturated carbocycles. The summed E-state index contributed by atoms with van der Waals surface area (Å²) in [4.78, 5) is 11.6. The second-order valence-corrected chi connectivity index (χ2v) is 3.49. The van der Waals surface area contributed by atoms with Gasteiger partial charge in [-0.3, -0.25) is 4.79 Å². The Labute approximate surface area is 94.1 Å². The molecule has 1 atom stereocenters. The Morgan fingerprint density at radius 2 is 2.50 bits per heavy atom. The summed E-state index contributed by atoms with van der Waals surface area (Å²) < 4.78 is 9.74. The molecule has 1 unspecified atom stereocenters. The monoisotopic (exact) mass is 227 g/mol. The zero-order valence-electron chi connectivity index (χ0n) is 9.53. The van der Waals surface area contributed by atoms with Gasteiger partial charge < -0.3 is 20.3 Å². The van der Waals surface area contributed by atoms with Crippen molar-refractivity contribution in [3.8, 4) is 0 Å². The Hall–Kier alpha value is -1.40. The van der Waals surface area contributed by atoms with E-state index in [9.17, 15) is 4.79 Å². The van der Waals surface area contributed by atoms with E-state index < -0.39 is 0 Å². The zero-order valence-corrected chi connectivity index (χ0v) is 9.53. The molecule has 0 bridgehead atoms. The van der Waals surface area contributed by atoms with Crippen LogP contribution in [0.2, 0.25) is 0 Å². The third-order valence-electron chi connectivity index (χ3n) is 2.13. The first-order valence-electron chi connectivity index (χ1n) is 5.15. The largest absolute Gasteiger partial charge is 0.377 e. The van der Waals surface area contributed by atoms with Crippen molar-refractivity contribution in [3.63, 3.8) is 0 Å². The maximum atomic E-state index is 11.6. The molecule has 1 aromatic rings. The van der Waals surface area contributed by atoms with E-state index in [0.29, 0.717) is 18.9 Å². The van der Waals surface area contributed by atoms with Crippen molar-refractivity contribution in [2.45, 2.75) is 26.0 Å². The van der Waals surface area contributed by atoms with Crippen LogP contribution in [0.25, 0.3) is 0 Å². The van der Waals surface area contributed by atoms with Gasteiger partial charge >= 0.3 is 0 Å². The number of nitrogens with one attached hydrogen (secondary N) is 1. The van der Waals surface area contributed by atoms with Crippen molar-refractivity contribution in [2.24, 2.45) is 5.73 Å². The first kappa shape index (κ1) is 12.7. The number of aromatic nitrogens is 1. The van der Waals surface area contributed by atoms with E-state index in [-0.39, 0.29) is 17.6 Å². The number of carbonyl (C=O) groups is 1. The molecule has 0 spiro atoms. The number of nitrogens with zero attached hydrogens (tertiary/aromatic N) is 1. The number of carbonyl (C=O) groups excluding carboxylic acids is 1. The van der Waals surface area contributed by atoms with E-state index in [1.807, 2.05) is 6.92 Å². The summed E-state index contributed by atoms with van der Waals surface area (Å²) in [7, 11) is 1.54. The molecule has 16 heavy (non-hydrogen) atoms. The zero-order chi connectivity index (χ0) is 12.0. The standard InChI is InChI=1S/C10H17N3O3/c1-3-7(11)5-12-10(14)9-4-8(6-15-2)16-13-9/h4,7H,3,5-6,11H2,1-2H3,(H,12,14). The maximum absolute atomic E-state index is 11.6. The number of ether oxygens (including phenoxy) is 1. The molecule has 3 N–H and O–H groups in total. The minimum atomic E-state index is -0.282. The molecular formula is C10H17N3O3. The molecule has 0 fully saturated rings. The van der Waals surface area contributed by atoms with Gasteiger partial charge in [-0.15, -0.1) is 0 Å². The molecule has 0 aliphatic rings. The quantitative estimate of drug-likeness (QED) is 0.728. The molecule has 0 radical (unpaired) electrons. The van der Waals surface area contributed by atoms with Crippen LogP contribution in [0.4, 0.5) is 0 Å². The molecule has 0 aliphatic carbocycles. The van der Waals surface area contributed by atoms with Gasteiger partial charge in [0.1, 0.15) is 6.61 Å². The topological polar surface area (TPSA) is 90.4 Å². The maximum Gasteiger partial charge on any atom is 0.273 e. The van der Waals surface area contributed by atoms with Crippen molar-refractivity contribution in [1.82, 2.24) is 10.5 Å². The number of methoxy groups -OCH3 is 1. The first-order chi connectivity index (χ1) is 7.67. The molecule has 6 nitrogen and oxygen atoms in total. The number of rotatable bonds is 6. The fourth-order valence-corrected chi connectivity index (χ4v) is 1.09. The van der Waals surface area contributed by atoms with Crippen LogP contribution < -0.4 is 11.1 Å². The average molecular weight is 227 g/mol. The number of amides is 1. The van der Waals surface area contributed by atoms with Crippen LogP contribution in [-0.2, 0) is 11.3 Å². The molecule has 1 rings (SSSR count). The summed E-state index contributed by atoms with van der Waals surface area (Å²) in [6, 6.07) is 1.52. The minimum absolute atomic E-state index is 0.0331. The van der Waals surface area contributed by atoms with Gasteiger partial charge in [0.2, 0.25) is 0 Å². The Morgan fingerprint density at radius 1 is 1.75 bits per heavy atom. The van der Waals surface area contributed by atoms with Crippen molar-refractivity contribution in [1.29, 1.82) is 0 Å². The van der Waals surface area contributed by atoms with Gasteiger partial charge in [-0.1, -0.05) is 12.1 Å². The lowest BCUT2D eigenvalue weighted by Crippen LogP contribution is -2.36. The highest BCUT2D eigenvalue weighted by Crippen LogP contribution is 2.04. The summed E-state index contributed by atoms with van der Waals surface area (Å²) in [6.07, 6.45) is 0.814. The molecule has 0 aliphatic heterocycles. The fraction of sp³-hybridized carbons (Fsp3) is 0.600. The third-order valence-corrected chi connectivity index (χ3v) is 2.13. The van der Waals surface area contributed by atoms with Crippen molar-refractivity contribution < 1.29 is 14.1 Å². The van der Waals surface area contributed by atoms with Crippen molar-refractivity contribution in [2.75, 3.05) is 13.7 Å². The van der Waals surface area contributed by atoms with Gasteiger partial charge in [0.05, 0.1) is 0 Å². The van der Waals surface area contributed by atoms with E-state index in [1.165, 1.54) is 0 Å². The summed E-state index contributed by atoms with van der Waals surface area (Å²) in [6.45, 7) is 2.69. The van der Waals surface area contributed by atoms with Gasteiger partial charge in [0, 0.05) is 25.8 Å². The van der Waals surface area contributed by atoms with E-state index in [0.717, 1.165) is 6.42 Å². The third kappa shape index (κ3) is 3.63. The Morgan fingerprint density at radius 3 is 3.12 bits per heavy atom. The highest BCUT2D eigenvalue weighted by molar-refractivity contribution is 5.92. The molecule has 90 valence electrons. The number of nitrogens with two attached hydrogens (primary N) is 1. The normalized spacial score (nSPS) is 12.4. The summed E-state index contributed by atoms with van der Waals surface area (Å²) >= 11 is 0. The van der Waals surface area contributed by atoms with Crippen LogP contribution in [0.1, 0.15) is 29.6 Å². The fourth-order valence-electron chi connectivity index (χ4n) is 1.09. The lowest BCUT2D eigenvalue weighted by Gasteiger charge is -2.08. The van der Waals surface area contributed by atoms with Gasteiger partial charge in [-0.25, -0.2) is 0 Å². The second kappa shape index (κ2) is 6.24. The van der Waals surface area contributed by atoms with E-state index >= 15 is 0 Å². The van der Waals surface area contributed by atoms with Gasteiger partial charge in [-0.05, 0) is 6.42 Å². The van der Waals surface area contributed by atoms with Crippen LogP contribution in [-0.4, -0.2) is 30.8 Å². The molecule has 1 amide bonds. The molecule has 0 aromatic carbocycles. The van der Waals surface area contributed by atoms with E-state index in [4.69, 9.17) is 15.0 Å². The highest BCUT2D eigenvalue weighted by atomic mass is 16.5. The van der Waals surface area contributed by atoms with Crippen molar-refractivity contribution in [3.05, 3.63) is 17.5 Å². The Bertz CT molecular complexity index is 338. The smallest absolute Gasteiger partial charge is 0.273 e. The average Bonchev–Trinajstić information content (AvgIpc) is 2.74. The predicted octanol–water partition coefficient (Wildman–Crippen LogP) is 0.288. The van der Waals surface area contributed by atoms with Crippen molar-refractivity contribution >= 4 is 5.91 Å². The lowest BCUT2D eigenvalue weighted by molar-refractivity contribution is 0.0941. The molecule has 6 heteroatoms. The molecule has 0 saturated heterocycles. The van der Waals surface area contributed by atoms with Crippen LogP contribution in [0.5, 0.6) is 0 Å². The first-order valence-corrected chi connectivity index (χ1v) is 5.15. The van der Waals surface area contributed by atoms with Crippen LogP contribution >= 0.6 is 0 Å². The molecule has 1 heterocycles. The van der Waals surface area contributed by atoms with Gasteiger partial charge in [0.15, 0.2) is 11.5 Å². The summed E-state index contributed by atoms with van der Waals surface area (Å²) in [5, 5.41) is 6.31. The van der Waals surface area contributed by atoms with Crippen LogP contribution in [0, 0.1) is 0 Å². The predicted molar refractivity (Wildman–Crippen MR) is 57.8 cm³/mol. The van der Waals surface area contributed by atoms with E-state index in [1.54, 1.807) is 13.2 Å². The minimum Gasteiger partial charge on any atom is -0.377 e. The molecule has 1 aromatic heterocycles. The van der Waals surface area contributed by atoms with E-state index in [2.05, 4.69) is 10.5 Å². The summed E-state index contributed by atoms with van der Waals surface area (Å²) in [5.74, 6) is 0.238. The van der Waals surface area contributed by atoms with Gasteiger partial charge in [0.25, 0.3) is 5.91 Å². The summed E-state index contributed by atoms with van der Waals surface area (Å²) in [5.41, 5.74) is 5.92. The highest BCUT2D eigenvalue weighted by Gasteiger charge is 2.12. The Balaban J connectivity index is 2.46. The lowest BCUT2D eigenvalue weighted by atomic mass is 10.2. The Kier molecular flexibility index (Phi) is 4.94. The SMILES string of the molecule is CCC(N)CNC(=O)c1cc(COC)on1. The van der Waals surface area contributed by atoms with Gasteiger partial charge in [-0.2, -0.15) is 0 Å². The number of hydrogen-bond acceptors (Lipinski definition) is 5. The van der Waals surface area contributed by atoms with Crippen LogP contribution in [0.15, 0.2) is 10.6 Å². The van der Waals surface area contributed by atoms with Crippen LogP contribution in [0.3, 0.4) is 0 Å². The molecular weight excluding hydrogens is 210 g/mol. The number of hydrogen-bond donors (Lipinski definition) is 2.